The molecule has 0 atom stereocenters. The lowest BCUT2D eigenvalue weighted by Crippen LogP contribution is -2.22. The van der Waals surface area contributed by atoms with Crippen molar-refractivity contribution in [3.8, 4) is 11.5 Å². The fraction of sp³-hybridized carbons (Fsp3) is 0.130. The molecule has 0 heterocycles. The number of benzene rings is 3. The highest BCUT2D eigenvalue weighted by atomic mass is 32.2. The maximum Gasteiger partial charge on any atom is 0.338 e. The van der Waals surface area contributed by atoms with Gasteiger partial charge in [0.1, 0.15) is 11.5 Å². The molecule has 0 spiro atoms. The van der Waals surface area contributed by atoms with Crippen molar-refractivity contribution < 1.29 is 27.5 Å². The molecule has 0 aliphatic heterocycles. The lowest BCUT2D eigenvalue weighted by molar-refractivity contribution is -0.119. The highest BCUT2D eigenvalue weighted by Crippen LogP contribution is 2.21. The first-order valence-corrected chi connectivity index (χ1v) is 11.0. The number of hydrogen-bond acceptors (Lipinski definition) is 6. The van der Waals surface area contributed by atoms with Gasteiger partial charge in [0.05, 0.1) is 10.5 Å². The molecule has 0 aromatic heterocycles. The van der Waals surface area contributed by atoms with Crippen LogP contribution in [0.4, 0.5) is 5.69 Å². The van der Waals surface area contributed by atoms with Crippen molar-refractivity contribution in [3.05, 3.63) is 84.4 Å². The van der Waals surface area contributed by atoms with E-state index in [1.165, 1.54) is 38.4 Å². The highest BCUT2D eigenvalue weighted by molar-refractivity contribution is 7.89. The SMILES string of the molecule is CN(C)S(=O)(=O)c1ccc(NC(=O)COC(=O)c2ccc(Oc3ccccc3)cc2)cc1. The van der Waals surface area contributed by atoms with E-state index in [0.717, 1.165) is 4.31 Å². The van der Waals surface area contributed by atoms with Gasteiger partial charge >= 0.3 is 5.97 Å². The maximum atomic E-state index is 12.2. The predicted molar refractivity (Wildman–Crippen MR) is 119 cm³/mol. The normalized spacial score (nSPS) is 11.1. The molecule has 0 fully saturated rings. The van der Waals surface area contributed by atoms with E-state index in [1.54, 1.807) is 24.3 Å². The number of nitrogens with one attached hydrogen (secondary N) is 1. The first-order chi connectivity index (χ1) is 15.3. The molecule has 1 N–H and O–H groups in total. The number of anilines is 1. The minimum atomic E-state index is -3.55. The van der Waals surface area contributed by atoms with Crippen molar-refractivity contribution in [1.82, 2.24) is 4.31 Å². The van der Waals surface area contributed by atoms with Crippen LogP contribution in [0.3, 0.4) is 0 Å². The number of sulfonamides is 1. The molecule has 0 bridgehead atoms. The number of hydrogen-bond donors (Lipinski definition) is 1. The lowest BCUT2D eigenvalue weighted by Gasteiger charge is -2.12. The molecule has 0 unspecified atom stereocenters. The van der Waals surface area contributed by atoms with E-state index < -0.39 is 28.5 Å². The molecule has 3 aromatic rings. The van der Waals surface area contributed by atoms with E-state index in [2.05, 4.69) is 5.32 Å². The molecule has 1 amide bonds. The Labute approximate surface area is 186 Å². The largest absolute Gasteiger partial charge is 0.457 e. The molecular formula is C23H22N2O6S. The van der Waals surface area contributed by atoms with Crippen LogP contribution in [-0.2, 0) is 19.6 Å². The van der Waals surface area contributed by atoms with Crippen LogP contribution in [0.2, 0.25) is 0 Å². The van der Waals surface area contributed by atoms with Crippen molar-refractivity contribution in [2.24, 2.45) is 0 Å². The third kappa shape index (κ3) is 5.93. The van der Waals surface area contributed by atoms with Gasteiger partial charge in [0, 0.05) is 19.8 Å². The van der Waals surface area contributed by atoms with Crippen LogP contribution in [0, 0.1) is 0 Å². The quantitative estimate of drug-likeness (QED) is 0.523. The number of carbonyl (C=O) groups is 2. The fourth-order valence-corrected chi connectivity index (χ4v) is 3.52. The molecule has 0 saturated carbocycles. The number of nitrogens with zero attached hydrogens (tertiary/aromatic N) is 1. The summed E-state index contributed by atoms with van der Waals surface area (Å²) in [4.78, 5) is 24.3. The summed E-state index contributed by atoms with van der Waals surface area (Å²) in [6, 6.07) is 21.3. The molecule has 0 saturated heterocycles. The van der Waals surface area contributed by atoms with Gasteiger partial charge in [0.15, 0.2) is 6.61 Å². The van der Waals surface area contributed by atoms with Crippen LogP contribution < -0.4 is 10.1 Å². The summed E-state index contributed by atoms with van der Waals surface area (Å²) in [5, 5.41) is 2.55. The van der Waals surface area contributed by atoms with Crippen molar-refractivity contribution in [2.45, 2.75) is 4.90 Å². The number of amides is 1. The molecular weight excluding hydrogens is 432 g/mol. The summed E-state index contributed by atoms with van der Waals surface area (Å²) >= 11 is 0. The Bertz CT molecular complexity index is 1180. The average molecular weight is 455 g/mol. The third-order valence-electron chi connectivity index (χ3n) is 4.32. The van der Waals surface area contributed by atoms with Crippen LogP contribution in [0.25, 0.3) is 0 Å². The molecule has 9 heteroatoms. The fourth-order valence-electron chi connectivity index (χ4n) is 2.62. The van der Waals surface area contributed by atoms with Gasteiger partial charge in [-0.05, 0) is 60.7 Å². The van der Waals surface area contributed by atoms with Crippen molar-refractivity contribution in [3.63, 3.8) is 0 Å². The summed E-state index contributed by atoms with van der Waals surface area (Å²) in [6.07, 6.45) is 0. The predicted octanol–water partition coefficient (Wildman–Crippen LogP) is 3.52. The molecule has 0 aliphatic rings. The zero-order valence-electron chi connectivity index (χ0n) is 17.5. The second-order valence-electron chi connectivity index (χ2n) is 6.88. The molecule has 32 heavy (non-hydrogen) atoms. The smallest absolute Gasteiger partial charge is 0.338 e. The monoisotopic (exact) mass is 454 g/mol. The van der Waals surface area contributed by atoms with Gasteiger partial charge in [-0.25, -0.2) is 17.5 Å². The second-order valence-corrected chi connectivity index (χ2v) is 9.03. The van der Waals surface area contributed by atoms with E-state index in [1.807, 2.05) is 30.3 Å². The minimum absolute atomic E-state index is 0.103. The van der Waals surface area contributed by atoms with Crippen LogP contribution in [0.1, 0.15) is 10.4 Å². The van der Waals surface area contributed by atoms with Gasteiger partial charge in [-0.1, -0.05) is 18.2 Å². The van der Waals surface area contributed by atoms with Gasteiger partial charge in [-0.15, -0.1) is 0 Å². The molecule has 8 nitrogen and oxygen atoms in total. The Morgan fingerprint density at radius 2 is 1.44 bits per heavy atom. The zero-order valence-corrected chi connectivity index (χ0v) is 18.3. The Kier molecular flexibility index (Phi) is 7.24. The highest BCUT2D eigenvalue weighted by Gasteiger charge is 2.17. The summed E-state index contributed by atoms with van der Waals surface area (Å²) in [5.74, 6) is 0.0292. The topological polar surface area (TPSA) is 102 Å². The number of ether oxygens (including phenoxy) is 2. The molecule has 3 aromatic carbocycles. The van der Waals surface area contributed by atoms with Crippen molar-refractivity contribution in [2.75, 3.05) is 26.0 Å². The Morgan fingerprint density at radius 3 is 2.03 bits per heavy atom. The average Bonchev–Trinajstić information content (AvgIpc) is 2.79. The van der Waals surface area contributed by atoms with Gasteiger partial charge < -0.3 is 14.8 Å². The Balaban J connectivity index is 1.51. The van der Waals surface area contributed by atoms with Gasteiger partial charge in [0.2, 0.25) is 10.0 Å². The van der Waals surface area contributed by atoms with Gasteiger partial charge in [0.25, 0.3) is 5.91 Å². The first-order valence-electron chi connectivity index (χ1n) is 9.58. The number of carbonyl (C=O) groups excluding carboxylic acids is 2. The molecule has 0 radical (unpaired) electrons. The van der Waals surface area contributed by atoms with E-state index >= 15 is 0 Å². The van der Waals surface area contributed by atoms with Crippen LogP contribution >= 0.6 is 0 Å². The summed E-state index contributed by atoms with van der Waals surface area (Å²) < 4.78 is 35.9. The third-order valence-corrected chi connectivity index (χ3v) is 6.15. The lowest BCUT2D eigenvalue weighted by atomic mass is 10.2. The first kappa shape index (κ1) is 23.0. The molecule has 3 rings (SSSR count). The Hall–Kier alpha value is -3.69. The van der Waals surface area contributed by atoms with Gasteiger partial charge in [-0.2, -0.15) is 0 Å². The maximum absolute atomic E-state index is 12.2. The standard InChI is InChI=1S/C23H22N2O6S/c1-25(2)32(28,29)21-14-10-18(11-15-21)24-22(26)16-30-23(27)17-8-12-20(13-9-17)31-19-6-4-3-5-7-19/h3-15H,16H2,1-2H3,(H,24,26). The zero-order chi connectivity index (χ0) is 23.1. The van der Waals surface area contributed by atoms with Gasteiger partial charge in [-0.3, -0.25) is 4.79 Å². The Morgan fingerprint density at radius 1 is 0.844 bits per heavy atom. The van der Waals surface area contributed by atoms with Crippen molar-refractivity contribution >= 4 is 27.6 Å². The number of esters is 1. The van der Waals surface area contributed by atoms with E-state index in [4.69, 9.17) is 9.47 Å². The van der Waals surface area contributed by atoms with Crippen LogP contribution in [-0.4, -0.2) is 45.3 Å². The van der Waals surface area contributed by atoms with Crippen molar-refractivity contribution in [1.29, 1.82) is 0 Å². The van der Waals surface area contributed by atoms with E-state index in [-0.39, 0.29) is 10.5 Å². The number of rotatable bonds is 8. The van der Waals surface area contributed by atoms with Crippen LogP contribution in [0.5, 0.6) is 11.5 Å². The summed E-state index contributed by atoms with van der Waals surface area (Å²) in [7, 11) is -0.685. The minimum Gasteiger partial charge on any atom is -0.457 e. The molecule has 166 valence electrons. The number of para-hydroxylation sites is 1. The second kappa shape index (κ2) is 10.1. The van der Waals surface area contributed by atoms with E-state index in [9.17, 15) is 18.0 Å². The molecule has 0 aliphatic carbocycles. The van der Waals surface area contributed by atoms with E-state index in [0.29, 0.717) is 17.2 Å². The summed E-state index contributed by atoms with van der Waals surface area (Å²) in [6.45, 7) is -0.487. The van der Waals surface area contributed by atoms with Crippen LogP contribution in [0.15, 0.2) is 83.8 Å². The summed E-state index contributed by atoms with van der Waals surface area (Å²) in [5.41, 5.74) is 0.655.